The standard InChI is InChI=1S/C21H19N5O2S3/c1-25-19(11-14-5-3-9-29-14)22-23-21(25)31-13-20(27)26-16(17-6-2-8-28-17)12-15(24-26)18-7-4-10-30-18/h2-10,16H,11-13H2,1H3. The van der Waals surface area contributed by atoms with Gasteiger partial charge in [-0.3, -0.25) is 4.79 Å². The van der Waals surface area contributed by atoms with E-state index in [1.165, 1.54) is 16.6 Å². The second-order valence-electron chi connectivity index (χ2n) is 7.00. The molecule has 0 radical (unpaired) electrons. The number of carbonyl (C=O) groups is 1. The van der Waals surface area contributed by atoms with Gasteiger partial charge < -0.3 is 8.98 Å². The fourth-order valence-electron chi connectivity index (χ4n) is 3.42. The van der Waals surface area contributed by atoms with Crippen LogP contribution in [0.25, 0.3) is 0 Å². The van der Waals surface area contributed by atoms with Crippen LogP contribution in [0.4, 0.5) is 0 Å². The monoisotopic (exact) mass is 469 g/mol. The van der Waals surface area contributed by atoms with Crippen LogP contribution in [0.15, 0.2) is 68.1 Å². The number of furan rings is 1. The van der Waals surface area contributed by atoms with Crippen molar-refractivity contribution in [1.82, 2.24) is 19.8 Å². The fourth-order valence-corrected chi connectivity index (χ4v) is 5.63. The van der Waals surface area contributed by atoms with E-state index in [2.05, 4.69) is 26.7 Å². The maximum atomic E-state index is 13.1. The number of aromatic nitrogens is 3. The number of nitrogens with zero attached hydrogens (tertiary/aromatic N) is 5. The highest BCUT2D eigenvalue weighted by atomic mass is 32.2. The van der Waals surface area contributed by atoms with E-state index < -0.39 is 0 Å². The minimum atomic E-state index is -0.228. The molecule has 158 valence electrons. The summed E-state index contributed by atoms with van der Waals surface area (Å²) in [6, 6.07) is 11.6. The smallest absolute Gasteiger partial charge is 0.253 e. The van der Waals surface area contributed by atoms with E-state index in [1.807, 2.05) is 47.3 Å². The molecule has 0 saturated heterocycles. The number of amides is 1. The number of thiophene rings is 2. The van der Waals surface area contributed by atoms with E-state index in [1.54, 1.807) is 33.9 Å². The molecule has 0 N–H and O–H groups in total. The topological polar surface area (TPSA) is 76.5 Å². The van der Waals surface area contributed by atoms with Crippen molar-refractivity contribution >= 4 is 46.1 Å². The fraction of sp³-hybridized carbons (Fsp3) is 0.238. The summed E-state index contributed by atoms with van der Waals surface area (Å²) in [6.07, 6.45) is 3.00. The van der Waals surface area contributed by atoms with E-state index in [9.17, 15) is 4.79 Å². The lowest BCUT2D eigenvalue weighted by Crippen LogP contribution is -2.28. The van der Waals surface area contributed by atoms with Crippen LogP contribution in [0.3, 0.4) is 0 Å². The molecule has 4 aromatic heterocycles. The van der Waals surface area contributed by atoms with Crippen molar-refractivity contribution < 1.29 is 9.21 Å². The first-order valence-corrected chi connectivity index (χ1v) is 12.4. The van der Waals surface area contributed by atoms with Gasteiger partial charge in [0.05, 0.1) is 22.6 Å². The third kappa shape index (κ3) is 4.23. The summed E-state index contributed by atoms with van der Waals surface area (Å²) in [5.41, 5.74) is 0.909. The summed E-state index contributed by atoms with van der Waals surface area (Å²) in [5, 5.41) is 19.6. The van der Waals surface area contributed by atoms with Gasteiger partial charge in [0.25, 0.3) is 5.91 Å². The zero-order valence-corrected chi connectivity index (χ0v) is 19.1. The summed E-state index contributed by atoms with van der Waals surface area (Å²) >= 11 is 4.70. The van der Waals surface area contributed by atoms with Crippen LogP contribution in [0.1, 0.15) is 33.8 Å². The zero-order chi connectivity index (χ0) is 21.2. The van der Waals surface area contributed by atoms with Gasteiger partial charge in [0.2, 0.25) is 0 Å². The lowest BCUT2D eigenvalue weighted by atomic mass is 10.1. The molecule has 0 saturated carbocycles. The van der Waals surface area contributed by atoms with Crippen molar-refractivity contribution in [2.75, 3.05) is 5.75 Å². The van der Waals surface area contributed by atoms with Crippen molar-refractivity contribution in [3.05, 3.63) is 74.8 Å². The molecule has 1 aliphatic heterocycles. The summed E-state index contributed by atoms with van der Waals surface area (Å²) < 4.78 is 7.55. The molecule has 0 bridgehead atoms. The molecule has 5 heterocycles. The van der Waals surface area contributed by atoms with Gasteiger partial charge in [0.1, 0.15) is 17.6 Å². The van der Waals surface area contributed by atoms with E-state index in [4.69, 9.17) is 4.42 Å². The highest BCUT2D eigenvalue weighted by Gasteiger charge is 2.35. The Kier molecular flexibility index (Phi) is 5.75. The Balaban J connectivity index is 1.30. The summed E-state index contributed by atoms with van der Waals surface area (Å²) in [5.74, 6) is 1.76. The number of thioether (sulfide) groups is 1. The number of rotatable bonds is 7. The van der Waals surface area contributed by atoms with Crippen molar-refractivity contribution in [2.45, 2.75) is 24.0 Å². The molecule has 31 heavy (non-hydrogen) atoms. The highest BCUT2D eigenvalue weighted by molar-refractivity contribution is 7.99. The molecule has 5 rings (SSSR count). The summed E-state index contributed by atoms with van der Waals surface area (Å²) in [7, 11) is 1.93. The second kappa shape index (κ2) is 8.81. The van der Waals surface area contributed by atoms with Crippen LogP contribution >= 0.6 is 34.4 Å². The Hall–Kier alpha value is -2.69. The molecule has 0 aliphatic carbocycles. The summed E-state index contributed by atoms with van der Waals surface area (Å²) in [4.78, 5) is 15.4. The lowest BCUT2D eigenvalue weighted by molar-refractivity contribution is -0.130. The SMILES string of the molecule is Cn1c(Cc2cccs2)nnc1SCC(=O)N1N=C(c2cccs2)CC1c1ccco1. The number of hydrogen-bond donors (Lipinski definition) is 0. The van der Waals surface area contributed by atoms with Crippen molar-refractivity contribution in [1.29, 1.82) is 0 Å². The van der Waals surface area contributed by atoms with Crippen LogP contribution in [-0.4, -0.2) is 37.1 Å². The van der Waals surface area contributed by atoms with Gasteiger partial charge in [-0.2, -0.15) is 5.10 Å². The minimum Gasteiger partial charge on any atom is -0.467 e. The van der Waals surface area contributed by atoms with Gasteiger partial charge in [0, 0.05) is 24.8 Å². The average Bonchev–Trinajstić information content (AvgIpc) is 3.59. The maximum Gasteiger partial charge on any atom is 0.253 e. The Labute approximate surface area is 191 Å². The molecule has 4 aromatic rings. The first kappa shape index (κ1) is 20.2. The van der Waals surface area contributed by atoms with Gasteiger partial charge in [-0.15, -0.1) is 32.9 Å². The van der Waals surface area contributed by atoms with Crippen LogP contribution in [-0.2, 0) is 18.3 Å². The van der Waals surface area contributed by atoms with E-state index in [-0.39, 0.29) is 17.7 Å². The maximum absolute atomic E-state index is 13.1. The highest BCUT2D eigenvalue weighted by Crippen LogP contribution is 2.34. The quantitative estimate of drug-likeness (QED) is 0.370. The van der Waals surface area contributed by atoms with E-state index >= 15 is 0 Å². The predicted molar refractivity (Wildman–Crippen MR) is 123 cm³/mol. The molecule has 0 aromatic carbocycles. The third-order valence-corrected chi connectivity index (χ3v) is 7.81. The Morgan fingerprint density at radius 3 is 2.81 bits per heavy atom. The average molecular weight is 470 g/mol. The first-order chi connectivity index (χ1) is 15.2. The Morgan fingerprint density at radius 2 is 2.06 bits per heavy atom. The van der Waals surface area contributed by atoms with Crippen LogP contribution in [0, 0.1) is 0 Å². The second-order valence-corrected chi connectivity index (χ2v) is 9.92. The van der Waals surface area contributed by atoms with Crippen LogP contribution in [0.5, 0.6) is 0 Å². The molecule has 1 aliphatic rings. The van der Waals surface area contributed by atoms with Gasteiger partial charge in [-0.05, 0) is 35.0 Å². The number of hydrogen-bond acceptors (Lipinski definition) is 8. The molecule has 1 atom stereocenters. The lowest BCUT2D eigenvalue weighted by Gasteiger charge is -2.19. The van der Waals surface area contributed by atoms with Crippen molar-refractivity contribution in [3.8, 4) is 0 Å². The molecular formula is C21H19N5O2S3. The minimum absolute atomic E-state index is 0.0826. The number of carbonyl (C=O) groups excluding carboxylic acids is 1. The molecule has 1 unspecified atom stereocenters. The molecule has 1 amide bonds. The largest absolute Gasteiger partial charge is 0.467 e. The molecule has 10 heteroatoms. The van der Waals surface area contributed by atoms with E-state index in [0.717, 1.165) is 33.8 Å². The van der Waals surface area contributed by atoms with Crippen molar-refractivity contribution in [3.63, 3.8) is 0 Å². The van der Waals surface area contributed by atoms with Crippen LogP contribution in [0.2, 0.25) is 0 Å². The zero-order valence-electron chi connectivity index (χ0n) is 16.7. The van der Waals surface area contributed by atoms with Gasteiger partial charge in [-0.25, -0.2) is 5.01 Å². The van der Waals surface area contributed by atoms with Gasteiger partial charge >= 0.3 is 0 Å². The van der Waals surface area contributed by atoms with E-state index in [0.29, 0.717) is 6.42 Å². The molecule has 7 nitrogen and oxygen atoms in total. The van der Waals surface area contributed by atoms with Crippen molar-refractivity contribution in [2.24, 2.45) is 12.1 Å². The Bertz CT molecular complexity index is 1180. The Morgan fingerprint density at radius 1 is 1.19 bits per heavy atom. The van der Waals surface area contributed by atoms with Gasteiger partial charge in [-0.1, -0.05) is 23.9 Å². The van der Waals surface area contributed by atoms with Gasteiger partial charge in [0.15, 0.2) is 5.16 Å². The first-order valence-electron chi connectivity index (χ1n) is 9.69. The molecule has 0 spiro atoms. The normalized spacial score (nSPS) is 16.1. The van der Waals surface area contributed by atoms with Crippen LogP contribution < -0.4 is 0 Å². The molecular weight excluding hydrogens is 450 g/mol. The predicted octanol–water partition coefficient (Wildman–Crippen LogP) is 4.59. The number of hydrazone groups is 1. The molecule has 0 fully saturated rings. The summed E-state index contributed by atoms with van der Waals surface area (Å²) in [6.45, 7) is 0. The third-order valence-electron chi connectivity index (χ3n) is 5.01.